The number of amides is 2. The van der Waals surface area contributed by atoms with Crippen LogP contribution in [0.3, 0.4) is 0 Å². The quantitative estimate of drug-likeness (QED) is 0.654. The fraction of sp³-hybridized carbons (Fsp3) is 0.455. The number of nitrogens with zero attached hydrogens (tertiary/aromatic N) is 1. The molecule has 0 saturated carbocycles. The molecule has 162 valence electrons. The molecule has 2 aromatic rings. The normalized spacial score (nSPS) is 16.5. The highest BCUT2D eigenvalue weighted by atomic mass is 16.5. The molecule has 3 rings (SSSR count). The van der Waals surface area contributed by atoms with Gasteiger partial charge in [0.1, 0.15) is 5.75 Å². The molecule has 1 aliphatic rings. The maximum Gasteiger partial charge on any atom is 0.291 e. The molecule has 2 N–H and O–H groups in total. The minimum absolute atomic E-state index is 0.0987. The average molecular weight is 415 g/mol. The van der Waals surface area contributed by atoms with Gasteiger partial charge in [-0.3, -0.25) is 14.5 Å². The number of furan rings is 1. The molecule has 0 bridgehead atoms. The van der Waals surface area contributed by atoms with Crippen molar-refractivity contribution in [2.75, 3.05) is 44.8 Å². The fourth-order valence-corrected chi connectivity index (χ4v) is 3.32. The van der Waals surface area contributed by atoms with Gasteiger partial charge in [0, 0.05) is 36.9 Å². The lowest BCUT2D eigenvalue weighted by atomic mass is 9.95. The van der Waals surface area contributed by atoms with Gasteiger partial charge >= 0.3 is 0 Å². The standard InChI is InChI=1S/C22H29N3O5/c1-3-22(2,25-9-12-28-13-10-25)16-23-20(26)15-30-18-7-4-6-17(14-18)24-21(27)19-8-5-11-29-19/h4-8,11,14H,3,9-10,12-13,15-16H2,1-2H3,(H,23,26)(H,24,27). The third-order valence-corrected chi connectivity index (χ3v) is 5.41. The highest BCUT2D eigenvalue weighted by molar-refractivity contribution is 6.02. The second kappa shape index (κ2) is 10.3. The second-order valence-electron chi connectivity index (χ2n) is 7.47. The third kappa shape index (κ3) is 5.84. The number of hydrogen-bond acceptors (Lipinski definition) is 6. The van der Waals surface area contributed by atoms with Crippen LogP contribution >= 0.6 is 0 Å². The molecular formula is C22H29N3O5. The van der Waals surface area contributed by atoms with Gasteiger partial charge in [0.15, 0.2) is 12.4 Å². The summed E-state index contributed by atoms with van der Waals surface area (Å²) in [5.41, 5.74) is 0.440. The lowest BCUT2D eigenvalue weighted by molar-refractivity contribution is -0.124. The lowest BCUT2D eigenvalue weighted by Crippen LogP contribution is -2.57. The predicted molar refractivity (Wildman–Crippen MR) is 113 cm³/mol. The number of hydrogen-bond donors (Lipinski definition) is 2. The number of rotatable bonds is 9. The van der Waals surface area contributed by atoms with Crippen LogP contribution in [0.1, 0.15) is 30.8 Å². The highest BCUT2D eigenvalue weighted by Gasteiger charge is 2.31. The van der Waals surface area contributed by atoms with Crippen molar-refractivity contribution in [3.8, 4) is 5.75 Å². The average Bonchev–Trinajstić information content (AvgIpc) is 3.32. The van der Waals surface area contributed by atoms with E-state index < -0.39 is 0 Å². The van der Waals surface area contributed by atoms with Crippen LogP contribution in [0.15, 0.2) is 47.1 Å². The molecule has 30 heavy (non-hydrogen) atoms. The molecule has 1 fully saturated rings. The monoisotopic (exact) mass is 415 g/mol. The molecule has 0 spiro atoms. The van der Waals surface area contributed by atoms with Crippen LogP contribution in [0.2, 0.25) is 0 Å². The molecule has 2 heterocycles. The summed E-state index contributed by atoms with van der Waals surface area (Å²) in [5.74, 6) is 0.179. The first-order valence-corrected chi connectivity index (χ1v) is 10.2. The minimum Gasteiger partial charge on any atom is -0.484 e. The molecule has 8 nitrogen and oxygen atoms in total. The SMILES string of the molecule is CCC(C)(CNC(=O)COc1cccc(NC(=O)c2ccco2)c1)N1CCOCC1. The number of benzene rings is 1. The number of anilines is 1. The summed E-state index contributed by atoms with van der Waals surface area (Å²) in [5, 5.41) is 5.71. The number of ether oxygens (including phenoxy) is 2. The van der Waals surface area contributed by atoms with Crippen molar-refractivity contribution in [3.05, 3.63) is 48.4 Å². The zero-order valence-electron chi connectivity index (χ0n) is 17.5. The molecule has 0 radical (unpaired) electrons. The van der Waals surface area contributed by atoms with E-state index in [1.165, 1.54) is 6.26 Å². The maximum atomic E-state index is 12.3. The Bertz CT molecular complexity index is 833. The van der Waals surface area contributed by atoms with Gasteiger partial charge < -0.3 is 24.5 Å². The molecule has 8 heteroatoms. The van der Waals surface area contributed by atoms with E-state index >= 15 is 0 Å². The Hall–Kier alpha value is -2.84. The van der Waals surface area contributed by atoms with Gasteiger partial charge in [0.2, 0.25) is 0 Å². The molecule has 2 amide bonds. The largest absolute Gasteiger partial charge is 0.484 e. The maximum absolute atomic E-state index is 12.3. The molecular weight excluding hydrogens is 386 g/mol. The van der Waals surface area contributed by atoms with E-state index in [4.69, 9.17) is 13.9 Å². The third-order valence-electron chi connectivity index (χ3n) is 5.41. The highest BCUT2D eigenvalue weighted by Crippen LogP contribution is 2.20. The number of nitrogens with one attached hydrogen (secondary N) is 2. The van der Waals surface area contributed by atoms with Crippen LogP contribution in [-0.4, -0.2) is 61.7 Å². The van der Waals surface area contributed by atoms with Gasteiger partial charge in [0.05, 0.1) is 19.5 Å². The van der Waals surface area contributed by atoms with Crippen LogP contribution in [0.4, 0.5) is 5.69 Å². The smallest absolute Gasteiger partial charge is 0.291 e. The molecule has 1 aromatic carbocycles. The summed E-state index contributed by atoms with van der Waals surface area (Å²) in [6.45, 7) is 7.91. The summed E-state index contributed by atoms with van der Waals surface area (Å²) in [6.07, 6.45) is 2.36. The van der Waals surface area contributed by atoms with E-state index in [9.17, 15) is 9.59 Å². The van der Waals surface area contributed by atoms with Crippen LogP contribution in [0, 0.1) is 0 Å². The Morgan fingerprint density at radius 2 is 2.00 bits per heavy atom. The summed E-state index contributed by atoms with van der Waals surface area (Å²) in [4.78, 5) is 26.8. The van der Waals surface area contributed by atoms with Crippen molar-refractivity contribution in [3.63, 3.8) is 0 Å². The Morgan fingerprint density at radius 1 is 1.20 bits per heavy atom. The first kappa shape index (κ1) is 21.9. The molecule has 0 aliphatic carbocycles. The Labute approximate surface area is 176 Å². The van der Waals surface area contributed by atoms with Gasteiger partial charge in [-0.25, -0.2) is 0 Å². The topological polar surface area (TPSA) is 93.0 Å². The summed E-state index contributed by atoms with van der Waals surface area (Å²) >= 11 is 0. The summed E-state index contributed by atoms with van der Waals surface area (Å²) in [6, 6.07) is 10.1. The van der Waals surface area contributed by atoms with Crippen LogP contribution in [0.5, 0.6) is 5.75 Å². The molecule has 1 atom stereocenters. The fourth-order valence-electron chi connectivity index (χ4n) is 3.32. The van der Waals surface area contributed by atoms with E-state index in [0.29, 0.717) is 18.0 Å². The van der Waals surface area contributed by atoms with Crippen LogP contribution in [-0.2, 0) is 9.53 Å². The van der Waals surface area contributed by atoms with Crippen LogP contribution in [0.25, 0.3) is 0 Å². The zero-order valence-corrected chi connectivity index (χ0v) is 17.5. The first-order valence-electron chi connectivity index (χ1n) is 10.2. The van der Waals surface area contributed by atoms with Crippen molar-refractivity contribution in [2.24, 2.45) is 0 Å². The summed E-state index contributed by atoms with van der Waals surface area (Å²) < 4.78 is 16.1. The van der Waals surface area contributed by atoms with Gasteiger partial charge in [-0.1, -0.05) is 13.0 Å². The van der Waals surface area contributed by atoms with E-state index in [0.717, 1.165) is 32.7 Å². The Balaban J connectivity index is 1.47. The summed E-state index contributed by atoms with van der Waals surface area (Å²) in [7, 11) is 0. The molecule has 1 aromatic heterocycles. The number of carbonyl (C=O) groups excluding carboxylic acids is 2. The number of carbonyl (C=O) groups is 2. The second-order valence-corrected chi connectivity index (χ2v) is 7.47. The zero-order chi connectivity index (χ0) is 21.4. The van der Waals surface area contributed by atoms with Gasteiger partial charge in [-0.15, -0.1) is 0 Å². The molecule has 1 unspecified atom stereocenters. The number of morpholine rings is 1. The Kier molecular flexibility index (Phi) is 7.48. The van der Waals surface area contributed by atoms with Gasteiger partial charge in [-0.2, -0.15) is 0 Å². The van der Waals surface area contributed by atoms with Crippen molar-refractivity contribution in [1.82, 2.24) is 10.2 Å². The Morgan fingerprint density at radius 3 is 2.70 bits per heavy atom. The van der Waals surface area contributed by atoms with Gasteiger partial charge in [-0.05, 0) is 37.6 Å². The van der Waals surface area contributed by atoms with E-state index in [-0.39, 0.29) is 29.7 Å². The van der Waals surface area contributed by atoms with Crippen molar-refractivity contribution >= 4 is 17.5 Å². The van der Waals surface area contributed by atoms with E-state index in [2.05, 4.69) is 29.4 Å². The van der Waals surface area contributed by atoms with Gasteiger partial charge in [0.25, 0.3) is 11.8 Å². The lowest BCUT2D eigenvalue weighted by Gasteiger charge is -2.43. The van der Waals surface area contributed by atoms with Crippen LogP contribution < -0.4 is 15.4 Å². The molecule has 1 saturated heterocycles. The van der Waals surface area contributed by atoms with Crippen molar-refractivity contribution in [2.45, 2.75) is 25.8 Å². The van der Waals surface area contributed by atoms with E-state index in [1.807, 2.05) is 0 Å². The van der Waals surface area contributed by atoms with Crippen molar-refractivity contribution in [1.29, 1.82) is 0 Å². The molecule has 1 aliphatic heterocycles. The minimum atomic E-state index is -0.350. The van der Waals surface area contributed by atoms with Crippen molar-refractivity contribution < 1.29 is 23.5 Å². The van der Waals surface area contributed by atoms with E-state index in [1.54, 1.807) is 36.4 Å². The first-order chi connectivity index (χ1) is 14.5. The predicted octanol–water partition coefficient (Wildman–Crippen LogP) is 2.53.